The van der Waals surface area contributed by atoms with E-state index in [-0.39, 0.29) is 5.91 Å². The Kier molecular flexibility index (Phi) is 2.84. The van der Waals surface area contributed by atoms with E-state index in [9.17, 15) is 4.79 Å². The van der Waals surface area contributed by atoms with Gasteiger partial charge in [-0.05, 0) is 28.9 Å². The molecule has 0 atom stereocenters. The van der Waals surface area contributed by atoms with Gasteiger partial charge in [0.05, 0.1) is 6.04 Å². The second-order valence-corrected chi connectivity index (χ2v) is 4.57. The van der Waals surface area contributed by atoms with Crippen LogP contribution in [0.4, 0.5) is 0 Å². The minimum absolute atomic E-state index is 0.0512. The van der Waals surface area contributed by atoms with Gasteiger partial charge in [-0.3, -0.25) is 4.79 Å². The summed E-state index contributed by atoms with van der Waals surface area (Å²) in [6, 6.07) is 2.10. The van der Waals surface area contributed by atoms with Gasteiger partial charge < -0.3 is 14.6 Å². The van der Waals surface area contributed by atoms with Crippen LogP contribution in [-0.2, 0) is 0 Å². The summed E-state index contributed by atoms with van der Waals surface area (Å²) in [7, 11) is 1.81. The van der Waals surface area contributed by atoms with Crippen molar-refractivity contribution in [3.63, 3.8) is 0 Å². The van der Waals surface area contributed by atoms with Crippen LogP contribution in [0.2, 0.25) is 0 Å². The molecule has 5 heteroatoms. The van der Waals surface area contributed by atoms with Gasteiger partial charge in [-0.1, -0.05) is 0 Å². The Labute approximate surface area is 96.7 Å². The molecular formula is C10H13BrN2O2. The van der Waals surface area contributed by atoms with Crippen LogP contribution in [-0.4, -0.2) is 37.0 Å². The quantitative estimate of drug-likeness (QED) is 0.885. The molecule has 1 aliphatic heterocycles. The lowest BCUT2D eigenvalue weighted by atomic mass is 10.1. The van der Waals surface area contributed by atoms with E-state index in [0.29, 0.717) is 16.5 Å². The molecule has 0 unspecified atom stereocenters. The molecule has 0 radical (unpaired) electrons. The largest absolute Gasteiger partial charge is 0.444 e. The molecule has 1 N–H and O–H groups in total. The van der Waals surface area contributed by atoms with Crippen molar-refractivity contribution in [3.8, 4) is 0 Å². The van der Waals surface area contributed by atoms with Crippen LogP contribution >= 0.6 is 15.9 Å². The van der Waals surface area contributed by atoms with Crippen molar-refractivity contribution in [1.29, 1.82) is 0 Å². The Balaban J connectivity index is 2.15. The molecule has 1 aliphatic rings. The lowest BCUT2D eigenvalue weighted by Crippen LogP contribution is -2.57. The first kappa shape index (κ1) is 10.7. The highest BCUT2D eigenvalue weighted by Gasteiger charge is 2.28. The number of amides is 1. The second kappa shape index (κ2) is 3.98. The average molecular weight is 273 g/mol. The van der Waals surface area contributed by atoms with E-state index in [0.717, 1.165) is 18.7 Å². The average Bonchev–Trinajstić information content (AvgIpc) is 2.41. The molecule has 0 aliphatic carbocycles. The summed E-state index contributed by atoms with van der Waals surface area (Å²) < 4.78 is 5.92. The van der Waals surface area contributed by atoms with Crippen LogP contribution < -0.4 is 5.32 Å². The lowest BCUT2D eigenvalue weighted by molar-refractivity contribution is 0.0646. The van der Waals surface area contributed by atoms with E-state index in [1.165, 1.54) is 0 Å². The van der Waals surface area contributed by atoms with E-state index in [2.05, 4.69) is 21.2 Å². The molecule has 2 heterocycles. The molecule has 1 saturated heterocycles. The van der Waals surface area contributed by atoms with E-state index in [1.807, 2.05) is 14.0 Å². The van der Waals surface area contributed by atoms with Gasteiger partial charge >= 0.3 is 0 Å². The topological polar surface area (TPSA) is 45.5 Å². The Morgan fingerprint density at radius 1 is 1.67 bits per heavy atom. The Bertz CT molecular complexity index is 385. The van der Waals surface area contributed by atoms with Crippen molar-refractivity contribution in [2.75, 3.05) is 20.1 Å². The van der Waals surface area contributed by atoms with Crippen LogP contribution in [0.15, 0.2) is 15.2 Å². The van der Waals surface area contributed by atoms with Crippen LogP contribution in [0.5, 0.6) is 0 Å². The third-order valence-corrected chi connectivity index (χ3v) is 3.10. The smallest absolute Gasteiger partial charge is 0.289 e. The van der Waals surface area contributed by atoms with Crippen molar-refractivity contribution in [2.45, 2.75) is 13.0 Å². The molecule has 15 heavy (non-hydrogen) atoms. The Morgan fingerprint density at radius 2 is 2.33 bits per heavy atom. The minimum Gasteiger partial charge on any atom is -0.444 e. The van der Waals surface area contributed by atoms with Gasteiger partial charge in [0.2, 0.25) is 0 Å². The van der Waals surface area contributed by atoms with Crippen molar-refractivity contribution in [3.05, 3.63) is 22.1 Å². The van der Waals surface area contributed by atoms with Crippen molar-refractivity contribution in [1.82, 2.24) is 10.2 Å². The van der Waals surface area contributed by atoms with Gasteiger partial charge in [0, 0.05) is 25.7 Å². The molecule has 2 rings (SSSR count). The number of furan rings is 1. The molecule has 0 aromatic carbocycles. The van der Waals surface area contributed by atoms with Crippen molar-refractivity contribution >= 4 is 21.8 Å². The maximum Gasteiger partial charge on any atom is 0.289 e. The maximum atomic E-state index is 12.0. The van der Waals surface area contributed by atoms with Gasteiger partial charge in [0.1, 0.15) is 0 Å². The number of nitrogens with one attached hydrogen (secondary N) is 1. The van der Waals surface area contributed by atoms with Crippen LogP contribution in [0.1, 0.15) is 16.1 Å². The van der Waals surface area contributed by atoms with Crippen molar-refractivity contribution in [2.24, 2.45) is 0 Å². The molecule has 0 spiro atoms. The molecule has 82 valence electrons. The first-order chi connectivity index (χ1) is 7.09. The highest BCUT2D eigenvalue weighted by atomic mass is 79.9. The summed E-state index contributed by atoms with van der Waals surface area (Å²) in [4.78, 5) is 13.7. The van der Waals surface area contributed by atoms with Crippen LogP contribution in [0, 0.1) is 6.92 Å². The highest BCUT2D eigenvalue weighted by molar-refractivity contribution is 9.10. The number of likely N-dealkylation sites (N-methyl/N-ethyl adjacent to an activating group) is 1. The Hall–Kier alpha value is -0.810. The third-order valence-electron chi connectivity index (χ3n) is 2.71. The van der Waals surface area contributed by atoms with Crippen LogP contribution in [0.25, 0.3) is 0 Å². The second-order valence-electron chi connectivity index (χ2n) is 3.79. The molecule has 1 aromatic heterocycles. The van der Waals surface area contributed by atoms with Gasteiger partial charge in [0.25, 0.3) is 5.91 Å². The summed E-state index contributed by atoms with van der Waals surface area (Å²) in [5.41, 5.74) is 0.867. The fraction of sp³-hybridized carbons (Fsp3) is 0.500. The van der Waals surface area contributed by atoms with E-state index >= 15 is 0 Å². The monoisotopic (exact) mass is 272 g/mol. The number of hydrogen-bond acceptors (Lipinski definition) is 3. The molecule has 1 amide bonds. The molecular weight excluding hydrogens is 260 g/mol. The minimum atomic E-state index is -0.0512. The lowest BCUT2D eigenvalue weighted by Gasteiger charge is -2.35. The van der Waals surface area contributed by atoms with E-state index in [1.54, 1.807) is 11.0 Å². The first-order valence-corrected chi connectivity index (χ1v) is 5.62. The summed E-state index contributed by atoms with van der Waals surface area (Å²) in [6.07, 6.45) is 0. The number of carbonyl (C=O) groups is 1. The summed E-state index contributed by atoms with van der Waals surface area (Å²) in [5, 5.41) is 3.13. The zero-order valence-corrected chi connectivity index (χ0v) is 10.3. The molecule has 1 aromatic rings. The predicted molar refractivity (Wildman–Crippen MR) is 59.9 cm³/mol. The first-order valence-electron chi connectivity index (χ1n) is 4.83. The number of rotatable bonds is 2. The van der Waals surface area contributed by atoms with Crippen LogP contribution in [0.3, 0.4) is 0 Å². The van der Waals surface area contributed by atoms with E-state index in [4.69, 9.17) is 4.42 Å². The SMILES string of the molecule is Cc1cc(Br)oc1C(=O)N(C)C1CNC1. The maximum absolute atomic E-state index is 12.0. The van der Waals surface area contributed by atoms with Gasteiger partial charge in [0.15, 0.2) is 10.4 Å². The van der Waals surface area contributed by atoms with Gasteiger partial charge in [-0.25, -0.2) is 0 Å². The standard InChI is InChI=1S/C10H13BrN2O2/c1-6-3-8(11)15-9(6)10(14)13(2)7-4-12-5-7/h3,7,12H,4-5H2,1-2H3. The predicted octanol–water partition coefficient (Wildman–Crippen LogP) is 1.39. The molecule has 0 saturated carbocycles. The summed E-state index contributed by atoms with van der Waals surface area (Å²) >= 11 is 3.22. The van der Waals surface area contributed by atoms with E-state index < -0.39 is 0 Å². The normalized spacial score (nSPS) is 16.2. The zero-order chi connectivity index (χ0) is 11.0. The highest BCUT2D eigenvalue weighted by Crippen LogP contribution is 2.21. The number of aryl methyl sites for hydroxylation is 1. The number of carbonyl (C=O) groups excluding carboxylic acids is 1. The van der Waals surface area contributed by atoms with Gasteiger partial charge in [-0.2, -0.15) is 0 Å². The fourth-order valence-electron chi connectivity index (χ4n) is 1.53. The van der Waals surface area contributed by atoms with Crippen molar-refractivity contribution < 1.29 is 9.21 Å². The number of hydrogen-bond donors (Lipinski definition) is 1. The zero-order valence-electron chi connectivity index (χ0n) is 8.71. The molecule has 1 fully saturated rings. The number of halogens is 1. The molecule has 4 nitrogen and oxygen atoms in total. The Morgan fingerprint density at radius 3 is 2.73 bits per heavy atom. The summed E-state index contributed by atoms with van der Waals surface area (Å²) in [6.45, 7) is 3.60. The fourth-order valence-corrected chi connectivity index (χ4v) is 2.03. The van der Waals surface area contributed by atoms with Gasteiger partial charge in [-0.15, -0.1) is 0 Å². The third kappa shape index (κ3) is 1.94. The molecule has 0 bridgehead atoms. The number of nitrogens with zero attached hydrogens (tertiary/aromatic N) is 1. The summed E-state index contributed by atoms with van der Waals surface area (Å²) in [5.74, 6) is 0.376.